The number of nitro benzene ring substituents is 1. The van der Waals surface area contributed by atoms with Gasteiger partial charge in [0, 0.05) is 40.2 Å². The zero-order valence-electron chi connectivity index (χ0n) is 11.5. The van der Waals surface area contributed by atoms with Gasteiger partial charge in [-0.05, 0) is 44.3 Å². The molecule has 0 aliphatic carbocycles. The van der Waals surface area contributed by atoms with Gasteiger partial charge < -0.3 is 5.32 Å². The standard InChI is InChI=1S/C13H12Br2N4O3/c1-8-6-16-18(7-8)3-2-12(20)17-13-10(14)4-9(19(21)22)5-11(13)15/h4-7H,2-3H2,1H3,(H,17,20). The molecular formula is C13H12Br2N4O3. The quantitative estimate of drug-likeness (QED) is 0.577. The fourth-order valence-electron chi connectivity index (χ4n) is 1.79. The number of hydrogen-bond donors (Lipinski definition) is 1. The smallest absolute Gasteiger partial charge is 0.271 e. The maximum Gasteiger partial charge on any atom is 0.271 e. The average molecular weight is 432 g/mol. The Bertz CT molecular complexity index is 707. The number of nitro groups is 1. The van der Waals surface area contributed by atoms with Crippen LogP contribution in [0.2, 0.25) is 0 Å². The van der Waals surface area contributed by atoms with Crippen LogP contribution in [0.1, 0.15) is 12.0 Å². The molecule has 22 heavy (non-hydrogen) atoms. The molecule has 1 N–H and O–H groups in total. The first kappa shape index (κ1) is 16.6. The van der Waals surface area contributed by atoms with Gasteiger partial charge in [-0.15, -0.1) is 0 Å². The molecule has 1 amide bonds. The molecule has 9 heteroatoms. The van der Waals surface area contributed by atoms with Gasteiger partial charge in [-0.2, -0.15) is 5.10 Å². The summed E-state index contributed by atoms with van der Waals surface area (Å²) in [5, 5.41) is 17.6. The molecule has 0 bridgehead atoms. The highest BCUT2D eigenvalue weighted by Crippen LogP contribution is 2.35. The van der Waals surface area contributed by atoms with Crippen molar-refractivity contribution in [3.05, 3.63) is 49.1 Å². The van der Waals surface area contributed by atoms with E-state index in [2.05, 4.69) is 42.3 Å². The molecule has 0 fully saturated rings. The zero-order chi connectivity index (χ0) is 16.3. The highest BCUT2D eigenvalue weighted by Gasteiger charge is 2.15. The minimum Gasteiger partial charge on any atom is -0.324 e. The molecule has 0 aliphatic rings. The summed E-state index contributed by atoms with van der Waals surface area (Å²) < 4.78 is 2.57. The lowest BCUT2D eigenvalue weighted by molar-refractivity contribution is -0.385. The van der Waals surface area contributed by atoms with Crippen LogP contribution in [0, 0.1) is 17.0 Å². The van der Waals surface area contributed by atoms with Gasteiger partial charge in [-0.25, -0.2) is 0 Å². The van der Waals surface area contributed by atoms with Crippen LogP contribution in [0.4, 0.5) is 11.4 Å². The van der Waals surface area contributed by atoms with E-state index in [0.717, 1.165) is 5.56 Å². The van der Waals surface area contributed by atoms with Crippen LogP contribution in [0.15, 0.2) is 33.5 Å². The predicted octanol–water partition coefficient (Wildman–Crippen LogP) is 3.65. The van der Waals surface area contributed by atoms with Crippen molar-refractivity contribution in [1.82, 2.24) is 9.78 Å². The first-order chi connectivity index (χ1) is 10.4. The Hall–Kier alpha value is -1.74. The minimum atomic E-state index is -0.499. The number of rotatable bonds is 5. The van der Waals surface area contributed by atoms with Crippen LogP contribution < -0.4 is 5.32 Å². The second kappa shape index (κ2) is 7.01. The summed E-state index contributed by atoms with van der Waals surface area (Å²) in [5.41, 5.74) is 1.43. The molecule has 116 valence electrons. The Kier molecular flexibility index (Phi) is 5.30. The van der Waals surface area contributed by atoms with E-state index in [0.29, 0.717) is 21.2 Å². The number of nitrogens with one attached hydrogen (secondary N) is 1. The second-order valence-corrected chi connectivity index (χ2v) is 6.33. The summed E-state index contributed by atoms with van der Waals surface area (Å²) in [6, 6.07) is 2.69. The van der Waals surface area contributed by atoms with E-state index in [4.69, 9.17) is 0 Å². The van der Waals surface area contributed by atoms with Crippen LogP contribution in [0.25, 0.3) is 0 Å². The van der Waals surface area contributed by atoms with Crippen molar-refractivity contribution in [2.45, 2.75) is 19.9 Å². The van der Waals surface area contributed by atoms with E-state index in [1.807, 2.05) is 13.1 Å². The van der Waals surface area contributed by atoms with Gasteiger partial charge in [-0.3, -0.25) is 19.6 Å². The summed E-state index contributed by atoms with van der Waals surface area (Å²) in [6.07, 6.45) is 3.82. The monoisotopic (exact) mass is 430 g/mol. The second-order valence-electron chi connectivity index (χ2n) is 4.62. The number of nitrogens with zero attached hydrogens (tertiary/aromatic N) is 3. The van der Waals surface area contributed by atoms with Gasteiger partial charge in [0.25, 0.3) is 5.69 Å². The molecule has 0 unspecified atom stereocenters. The molecule has 0 saturated carbocycles. The van der Waals surface area contributed by atoms with E-state index in [-0.39, 0.29) is 18.0 Å². The van der Waals surface area contributed by atoms with Crippen molar-refractivity contribution in [3.8, 4) is 0 Å². The number of hydrogen-bond acceptors (Lipinski definition) is 4. The average Bonchev–Trinajstić information content (AvgIpc) is 2.86. The third-order valence-electron chi connectivity index (χ3n) is 2.83. The van der Waals surface area contributed by atoms with E-state index in [1.165, 1.54) is 12.1 Å². The number of carbonyl (C=O) groups excluding carboxylic acids is 1. The van der Waals surface area contributed by atoms with Crippen LogP contribution in [-0.2, 0) is 11.3 Å². The van der Waals surface area contributed by atoms with Crippen molar-refractivity contribution in [2.24, 2.45) is 0 Å². The van der Waals surface area contributed by atoms with Crippen molar-refractivity contribution in [2.75, 3.05) is 5.32 Å². The number of benzene rings is 1. The van der Waals surface area contributed by atoms with Crippen molar-refractivity contribution < 1.29 is 9.72 Å². The molecule has 7 nitrogen and oxygen atoms in total. The summed E-state index contributed by atoms with van der Waals surface area (Å²) in [5.74, 6) is -0.205. The fraction of sp³-hybridized carbons (Fsp3) is 0.231. The Morgan fingerprint density at radius 1 is 1.41 bits per heavy atom. The van der Waals surface area contributed by atoms with Gasteiger partial charge in [0.15, 0.2) is 0 Å². The topological polar surface area (TPSA) is 90.1 Å². The number of non-ortho nitro benzene ring substituents is 1. The van der Waals surface area contributed by atoms with E-state index >= 15 is 0 Å². The molecule has 1 aromatic heterocycles. The predicted molar refractivity (Wildman–Crippen MR) is 88.7 cm³/mol. The number of aryl methyl sites for hydroxylation is 2. The maximum absolute atomic E-state index is 12.0. The minimum absolute atomic E-state index is 0.0660. The molecular weight excluding hydrogens is 420 g/mol. The summed E-state index contributed by atoms with van der Waals surface area (Å²) in [6.45, 7) is 2.39. The number of halogens is 2. The van der Waals surface area contributed by atoms with E-state index < -0.39 is 4.92 Å². The van der Waals surface area contributed by atoms with Gasteiger partial charge in [0.05, 0.1) is 16.8 Å². The molecule has 0 saturated heterocycles. The van der Waals surface area contributed by atoms with Crippen molar-refractivity contribution in [3.63, 3.8) is 0 Å². The summed E-state index contributed by atoms with van der Waals surface area (Å²) >= 11 is 6.45. The van der Waals surface area contributed by atoms with Crippen molar-refractivity contribution >= 4 is 49.1 Å². The lowest BCUT2D eigenvalue weighted by Gasteiger charge is -2.10. The molecule has 1 aromatic carbocycles. The SMILES string of the molecule is Cc1cnn(CCC(=O)Nc2c(Br)cc([N+](=O)[O-])cc2Br)c1. The molecule has 0 aliphatic heterocycles. The lowest BCUT2D eigenvalue weighted by atomic mass is 10.2. The maximum atomic E-state index is 12.0. The highest BCUT2D eigenvalue weighted by molar-refractivity contribution is 9.11. The van der Waals surface area contributed by atoms with E-state index in [9.17, 15) is 14.9 Å². The van der Waals surface area contributed by atoms with Gasteiger partial charge in [0.1, 0.15) is 0 Å². The first-order valence-electron chi connectivity index (χ1n) is 6.29. The normalized spacial score (nSPS) is 10.5. The number of amides is 1. The third kappa shape index (κ3) is 4.14. The molecule has 2 rings (SSSR count). The Balaban J connectivity index is 2.03. The van der Waals surface area contributed by atoms with Crippen LogP contribution >= 0.6 is 31.9 Å². The Morgan fingerprint density at radius 3 is 2.55 bits per heavy atom. The van der Waals surface area contributed by atoms with Crippen LogP contribution in [-0.4, -0.2) is 20.6 Å². The largest absolute Gasteiger partial charge is 0.324 e. The summed E-state index contributed by atoms with van der Waals surface area (Å²) in [7, 11) is 0. The Labute approximate surface area is 143 Å². The molecule has 0 radical (unpaired) electrons. The van der Waals surface area contributed by atoms with Gasteiger partial charge in [-0.1, -0.05) is 0 Å². The molecule has 1 heterocycles. The molecule has 0 atom stereocenters. The van der Waals surface area contributed by atoms with Gasteiger partial charge in [0.2, 0.25) is 5.91 Å². The lowest BCUT2D eigenvalue weighted by Crippen LogP contribution is -2.15. The first-order valence-corrected chi connectivity index (χ1v) is 7.88. The summed E-state index contributed by atoms with van der Waals surface area (Å²) in [4.78, 5) is 22.3. The fourth-order valence-corrected chi connectivity index (χ4v) is 3.15. The molecule has 2 aromatic rings. The van der Waals surface area contributed by atoms with Crippen LogP contribution in [0.5, 0.6) is 0 Å². The van der Waals surface area contributed by atoms with E-state index in [1.54, 1.807) is 10.9 Å². The highest BCUT2D eigenvalue weighted by atomic mass is 79.9. The van der Waals surface area contributed by atoms with Crippen LogP contribution in [0.3, 0.4) is 0 Å². The third-order valence-corrected chi connectivity index (χ3v) is 4.08. The van der Waals surface area contributed by atoms with Crippen molar-refractivity contribution in [1.29, 1.82) is 0 Å². The number of carbonyl (C=O) groups is 1. The molecule has 0 spiro atoms. The Morgan fingerprint density at radius 2 is 2.05 bits per heavy atom. The van der Waals surface area contributed by atoms with Gasteiger partial charge >= 0.3 is 0 Å². The number of aromatic nitrogens is 2. The zero-order valence-corrected chi connectivity index (χ0v) is 14.7. The number of anilines is 1.